The van der Waals surface area contributed by atoms with E-state index in [1.165, 1.54) is 0 Å². The maximum atomic E-state index is 13.7. The van der Waals surface area contributed by atoms with Gasteiger partial charge in [0.05, 0.1) is 12.2 Å². The minimum atomic E-state index is -0.143. The summed E-state index contributed by atoms with van der Waals surface area (Å²) < 4.78 is 5.77. The monoisotopic (exact) mass is 496 g/mol. The Bertz CT molecular complexity index is 1550. The van der Waals surface area contributed by atoms with Crippen molar-refractivity contribution in [3.63, 3.8) is 0 Å². The first-order chi connectivity index (χ1) is 17.8. The van der Waals surface area contributed by atoms with Crippen molar-refractivity contribution in [2.24, 2.45) is 0 Å². The average molecular weight is 497 g/mol. The maximum absolute atomic E-state index is 13.7. The molecule has 0 spiro atoms. The van der Waals surface area contributed by atoms with Crippen molar-refractivity contribution in [2.45, 2.75) is 59.0 Å². The number of pyridine rings is 1. The van der Waals surface area contributed by atoms with E-state index < -0.39 is 0 Å². The van der Waals surface area contributed by atoms with Gasteiger partial charge < -0.3 is 4.57 Å². The quantitative estimate of drug-likeness (QED) is 0.332. The normalized spacial score (nSPS) is 11.8. The predicted molar refractivity (Wildman–Crippen MR) is 144 cm³/mol. The Hall–Kier alpha value is -4.27. The second kappa shape index (κ2) is 10.0. The highest BCUT2D eigenvalue weighted by Crippen LogP contribution is 2.25. The lowest BCUT2D eigenvalue weighted by molar-refractivity contribution is 0.393. The van der Waals surface area contributed by atoms with Crippen LogP contribution in [0.3, 0.4) is 0 Å². The SMILES string of the molecule is CCCCc1cn(-c2cccn2C(C)(C)C)c(=O)n1Cc1cc(-c2cccc(-c3nnn[nH]3)c2)ccn1. The molecule has 0 amide bonds. The molecule has 0 aliphatic carbocycles. The lowest BCUT2D eigenvalue weighted by atomic mass is 10.0. The highest BCUT2D eigenvalue weighted by Gasteiger charge is 2.20. The van der Waals surface area contributed by atoms with Crippen molar-refractivity contribution >= 4 is 0 Å². The number of imidazole rings is 1. The van der Waals surface area contributed by atoms with Crippen molar-refractivity contribution < 1.29 is 0 Å². The van der Waals surface area contributed by atoms with Crippen LogP contribution in [0.15, 0.2) is 71.9 Å². The van der Waals surface area contributed by atoms with Gasteiger partial charge in [0.2, 0.25) is 0 Å². The van der Waals surface area contributed by atoms with Gasteiger partial charge in [-0.1, -0.05) is 31.5 Å². The largest absolute Gasteiger partial charge is 0.334 e. The van der Waals surface area contributed by atoms with E-state index in [0.717, 1.165) is 53.2 Å². The fraction of sp³-hybridized carbons (Fsp3) is 0.321. The molecule has 9 nitrogen and oxygen atoms in total. The van der Waals surface area contributed by atoms with E-state index >= 15 is 0 Å². The highest BCUT2D eigenvalue weighted by atomic mass is 16.1. The van der Waals surface area contributed by atoms with Gasteiger partial charge in [-0.15, -0.1) is 5.10 Å². The number of hydrogen-bond donors (Lipinski definition) is 1. The molecular weight excluding hydrogens is 464 g/mol. The van der Waals surface area contributed by atoms with Crippen LogP contribution >= 0.6 is 0 Å². The molecule has 4 aromatic heterocycles. The van der Waals surface area contributed by atoms with E-state index in [9.17, 15) is 4.79 Å². The lowest BCUT2D eigenvalue weighted by Gasteiger charge is -2.24. The van der Waals surface area contributed by atoms with Gasteiger partial charge in [0.25, 0.3) is 0 Å². The molecule has 1 N–H and O–H groups in total. The third-order valence-corrected chi connectivity index (χ3v) is 6.50. The summed E-state index contributed by atoms with van der Waals surface area (Å²) in [4.78, 5) is 18.3. The summed E-state index contributed by atoms with van der Waals surface area (Å²) in [6.45, 7) is 8.98. The van der Waals surface area contributed by atoms with E-state index in [-0.39, 0.29) is 11.2 Å². The number of H-pyrrole nitrogens is 1. The first kappa shape index (κ1) is 24.4. The molecule has 5 aromatic rings. The molecule has 9 heteroatoms. The van der Waals surface area contributed by atoms with Gasteiger partial charge >= 0.3 is 5.69 Å². The number of nitrogens with zero attached hydrogens (tertiary/aromatic N) is 7. The Kier molecular flexibility index (Phi) is 6.60. The van der Waals surface area contributed by atoms with Crippen LogP contribution in [0.5, 0.6) is 0 Å². The van der Waals surface area contributed by atoms with E-state index in [1.807, 2.05) is 65.5 Å². The van der Waals surface area contributed by atoms with Crippen molar-refractivity contribution in [3.05, 3.63) is 89.0 Å². The van der Waals surface area contributed by atoms with Gasteiger partial charge in [-0.25, -0.2) is 9.89 Å². The number of tetrazole rings is 1. The standard InChI is InChI=1S/C28H32N8O/c1-5-6-11-24-19-35(25-12-8-15-36(25)28(2,3)4)27(37)34(24)18-23-17-21(13-14-29-23)20-9-7-10-22(16-20)26-30-32-33-31-26/h7-10,12-17,19H,5-6,11,18H2,1-4H3,(H,30,31,32,33). The van der Waals surface area contributed by atoms with Crippen LogP contribution in [0.2, 0.25) is 0 Å². The van der Waals surface area contributed by atoms with Gasteiger partial charge in [-0.2, -0.15) is 0 Å². The number of rotatable bonds is 8. The fourth-order valence-corrected chi connectivity index (χ4v) is 4.59. The topological polar surface area (TPSA) is 99.2 Å². The van der Waals surface area contributed by atoms with Crippen LogP contribution in [-0.4, -0.2) is 39.3 Å². The third-order valence-electron chi connectivity index (χ3n) is 6.50. The Morgan fingerprint density at radius 1 is 1.00 bits per heavy atom. The van der Waals surface area contributed by atoms with E-state index in [0.29, 0.717) is 12.4 Å². The van der Waals surface area contributed by atoms with Crippen molar-refractivity contribution in [2.75, 3.05) is 0 Å². The number of aromatic amines is 1. The van der Waals surface area contributed by atoms with E-state index in [4.69, 9.17) is 0 Å². The van der Waals surface area contributed by atoms with Crippen LogP contribution in [0.25, 0.3) is 28.3 Å². The van der Waals surface area contributed by atoms with Gasteiger partial charge in [0.15, 0.2) is 5.82 Å². The summed E-state index contributed by atoms with van der Waals surface area (Å²) >= 11 is 0. The Balaban J connectivity index is 1.51. The van der Waals surface area contributed by atoms with Crippen LogP contribution in [0.1, 0.15) is 51.9 Å². The molecule has 0 radical (unpaired) electrons. The zero-order valence-corrected chi connectivity index (χ0v) is 21.7. The summed E-state index contributed by atoms with van der Waals surface area (Å²) in [5.41, 5.74) is 4.59. The third kappa shape index (κ3) is 5.02. The van der Waals surface area contributed by atoms with Crippen LogP contribution in [-0.2, 0) is 18.5 Å². The van der Waals surface area contributed by atoms with Gasteiger partial charge in [-0.3, -0.25) is 14.1 Å². The summed E-state index contributed by atoms with van der Waals surface area (Å²) in [7, 11) is 0. The van der Waals surface area contributed by atoms with Crippen LogP contribution < -0.4 is 5.69 Å². The summed E-state index contributed by atoms with van der Waals surface area (Å²) in [5.74, 6) is 1.49. The highest BCUT2D eigenvalue weighted by molar-refractivity contribution is 5.70. The number of benzene rings is 1. The van der Waals surface area contributed by atoms with Crippen molar-refractivity contribution in [3.8, 4) is 28.3 Å². The molecule has 0 fully saturated rings. The molecule has 4 heterocycles. The Morgan fingerprint density at radius 3 is 2.57 bits per heavy atom. The van der Waals surface area contributed by atoms with Gasteiger partial charge in [0.1, 0.15) is 5.82 Å². The smallest absolute Gasteiger partial charge is 0.329 e. The van der Waals surface area contributed by atoms with Gasteiger partial charge in [0, 0.05) is 35.4 Å². The molecule has 5 rings (SSSR count). The zero-order chi connectivity index (χ0) is 26.0. The van der Waals surface area contributed by atoms with Crippen LogP contribution in [0.4, 0.5) is 0 Å². The van der Waals surface area contributed by atoms with Crippen molar-refractivity contribution in [1.82, 2.24) is 39.3 Å². The minimum absolute atomic E-state index is 0.0534. The molecule has 0 aliphatic rings. The average Bonchev–Trinajstić information content (AvgIpc) is 3.65. The van der Waals surface area contributed by atoms with E-state index in [2.05, 4.69) is 57.9 Å². The molecule has 0 aliphatic heterocycles. The molecule has 0 saturated heterocycles. The first-order valence-electron chi connectivity index (χ1n) is 12.6. The molecule has 37 heavy (non-hydrogen) atoms. The van der Waals surface area contributed by atoms with E-state index in [1.54, 1.807) is 10.8 Å². The summed E-state index contributed by atoms with van der Waals surface area (Å²) in [6, 6.07) is 16.0. The maximum Gasteiger partial charge on any atom is 0.334 e. The van der Waals surface area contributed by atoms with Crippen LogP contribution in [0, 0.1) is 0 Å². The Labute approximate surface area is 215 Å². The number of aromatic nitrogens is 8. The second-order valence-electron chi connectivity index (χ2n) is 10.2. The number of nitrogens with one attached hydrogen (secondary N) is 1. The predicted octanol–water partition coefficient (Wildman–Crippen LogP) is 4.83. The zero-order valence-electron chi connectivity index (χ0n) is 21.7. The molecule has 0 saturated carbocycles. The number of hydrogen-bond acceptors (Lipinski definition) is 5. The minimum Gasteiger partial charge on any atom is -0.329 e. The number of unbranched alkanes of at least 4 members (excludes halogenated alkanes) is 1. The Morgan fingerprint density at radius 2 is 1.81 bits per heavy atom. The summed E-state index contributed by atoms with van der Waals surface area (Å²) in [5, 5.41) is 14.2. The first-order valence-corrected chi connectivity index (χ1v) is 12.6. The molecule has 190 valence electrons. The molecule has 0 unspecified atom stereocenters. The summed E-state index contributed by atoms with van der Waals surface area (Å²) in [6.07, 6.45) is 8.73. The van der Waals surface area contributed by atoms with Gasteiger partial charge in [-0.05, 0) is 85.5 Å². The van der Waals surface area contributed by atoms with Crippen molar-refractivity contribution in [1.29, 1.82) is 0 Å². The second-order valence-corrected chi connectivity index (χ2v) is 10.2. The molecular formula is C28H32N8O. The molecule has 0 bridgehead atoms. The number of aryl methyl sites for hydroxylation is 1. The molecule has 1 aromatic carbocycles. The lowest BCUT2D eigenvalue weighted by Crippen LogP contribution is -2.29. The fourth-order valence-electron chi connectivity index (χ4n) is 4.59. The molecule has 0 atom stereocenters.